The van der Waals surface area contributed by atoms with Crippen molar-refractivity contribution in [3.8, 4) is 0 Å². The summed E-state index contributed by atoms with van der Waals surface area (Å²) in [5.74, 6) is -0.712. The first-order valence-corrected chi connectivity index (χ1v) is 6.69. The molecule has 1 rings (SSSR count). The molecule has 1 aromatic rings. The molecule has 0 fully saturated rings. The summed E-state index contributed by atoms with van der Waals surface area (Å²) in [5, 5.41) is 2.56. The predicted molar refractivity (Wildman–Crippen MR) is 75.6 cm³/mol. The van der Waals surface area contributed by atoms with Crippen LogP contribution in [0.1, 0.15) is 37.8 Å². The maximum absolute atomic E-state index is 11.7. The zero-order valence-electron chi connectivity index (χ0n) is 11.6. The van der Waals surface area contributed by atoms with Crippen LogP contribution < -0.4 is 11.1 Å². The van der Waals surface area contributed by atoms with Crippen molar-refractivity contribution in [1.29, 1.82) is 0 Å². The molecule has 0 aromatic heterocycles. The first-order valence-electron chi connectivity index (χ1n) is 6.69. The van der Waals surface area contributed by atoms with E-state index in [1.165, 1.54) is 18.4 Å². The van der Waals surface area contributed by atoms with Crippen LogP contribution in [-0.4, -0.2) is 17.9 Å². The van der Waals surface area contributed by atoms with Gasteiger partial charge in [0.25, 0.3) is 0 Å². The standard InChI is InChI=1S/C15H22N2O2/c1-3-4-5-12-6-8-13(9-7-12)10-14(18)17-11(2)15(16)19/h6-9,11H,3-5,10H2,1-2H3,(H2,16,19)(H,17,18)/t11-/m0/s1. The van der Waals surface area contributed by atoms with Gasteiger partial charge in [-0.3, -0.25) is 9.59 Å². The maximum Gasteiger partial charge on any atom is 0.239 e. The van der Waals surface area contributed by atoms with Crippen molar-refractivity contribution < 1.29 is 9.59 Å². The van der Waals surface area contributed by atoms with Crippen molar-refractivity contribution in [1.82, 2.24) is 5.32 Å². The lowest BCUT2D eigenvalue weighted by molar-refractivity contribution is -0.126. The van der Waals surface area contributed by atoms with Crippen molar-refractivity contribution in [3.63, 3.8) is 0 Å². The number of hydrogen-bond donors (Lipinski definition) is 2. The van der Waals surface area contributed by atoms with Crippen molar-refractivity contribution >= 4 is 11.8 Å². The fraction of sp³-hybridized carbons (Fsp3) is 0.467. The van der Waals surface area contributed by atoms with Gasteiger partial charge in [-0.2, -0.15) is 0 Å². The Labute approximate surface area is 114 Å². The molecule has 0 unspecified atom stereocenters. The van der Waals surface area contributed by atoms with Crippen LogP contribution >= 0.6 is 0 Å². The summed E-state index contributed by atoms with van der Waals surface area (Å²) < 4.78 is 0. The summed E-state index contributed by atoms with van der Waals surface area (Å²) in [7, 11) is 0. The predicted octanol–water partition coefficient (Wildman–Crippen LogP) is 1.56. The average Bonchev–Trinajstić information content (AvgIpc) is 2.37. The van der Waals surface area contributed by atoms with Gasteiger partial charge in [0.15, 0.2) is 0 Å². The summed E-state index contributed by atoms with van der Waals surface area (Å²) in [6.07, 6.45) is 3.69. The van der Waals surface area contributed by atoms with Crippen LogP contribution in [0.25, 0.3) is 0 Å². The summed E-state index contributed by atoms with van der Waals surface area (Å²) in [5.41, 5.74) is 7.32. The number of nitrogens with one attached hydrogen (secondary N) is 1. The molecule has 0 aliphatic rings. The second-order valence-corrected chi connectivity index (χ2v) is 4.79. The quantitative estimate of drug-likeness (QED) is 0.782. The van der Waals surface area contributed by atoms with Gasteiger partial charge in [0, 0.05) is 0 Å². The summed E-state index contributed by atoms with van der Waals surface area (Å²) >= 11 is 0. The molecule has 0 aliphatic carbocycles. The van der Waals surface area contributed by atoms with E-state index in [2.05, 4.69) is 24.4 Å². The van der Waals surface area contributed by atoms with Gasteiger partial charge in [0.2, 0.25) is 11.8 Å². The molecule has 2 amide bonds. The normalized spacial score (nSPS) is 11.9. The van der Waals surface area contributed by atoms with Crippen molar-refractivity contribution in [2.24, 2.45) is 5.73 Å². The summed E-state index contributed by atoms with van der Waals surface area (Å²) in [6.45, 7) is 3.74. The Morgan fingerprint density at radius 2 is 1.79 bits per heavy atom. The molecule has 1 atom stereocenters. The minimum Gasteiger partial charge on any atom is -0.368 e. The van der Waals surface area contributed by atoms with E-state index < -0.39 is 11.9 Å². The number of rotatable bonds is 7. The third-order valence-electron chi connectivity index (χ3n) is 3.01. The van der Waals surface area contributed by atoms with Gasteiger partial charge >= 0.3 is 0 Å². The Kier molecular flexibility index (Phi) is 6.06. The molecule has 4 heteroatoms. The molecule has 104 valence electrons. The summed E-state index contributed by atoms with van der Waals surface area (Å²) in [4.78, 5) is 22.5. The second kappa shape index (κ2) is 7.56. The fourth-order valence-corrected chi connectivity index (χ4v) is 1.75. The molecular weight excluding hydrogens is 240 g/mol. The van der Waals surface area contributed by atoms with Crippen LogP contribution in [0.3, 0.4) is 0 Å². The van der Waals surface area contributed by atoms with Crippen LogP contribution in [0.4, 0.5) is 0 Å². The molecule has 0 aliphatic heterocycles. The monoisotopic (exact) mass is 262 g/mol. The van der Waals surface area contributed by atoms with Crippen LogP contribution in [0, 0.1) is 0 Å². The zero-order chi connectivity index (χ0) is 14.3. The van der Waals surface area contributed by atoms with E-state index in [-0.39, 0.29) is 12.3 Å². The van der Waals surface area contributed by atoms with Crippen LogP contribution in [0.15, 0.2) is 24.3 Å². The van der Waals surface area contributed by atoms with Gasteiger partial charge in [0.1, 0.15) is 6.04 Å². The van der Waals surface area contributed by atoms with Crippen LogP contribution in [-0.2, 0) is 22.4 Å². The first-order chi connectivity index (χ1) is 9.02. The van der Waals surface area contributed by atoms with E-state index in [0.717, 1.165) is 12.0 Å². The lowest BCUT2D eigenvalue weighted by Crippen LogP contribution is -2.42. The molecule has 0 saturated carbocycles. The van der Waals surface area contributed by atoms with E-state index in [1.807, 2.05) is 12.1 Å². The molecule has 0 heterocycles. The number of carbonyl (C=O) groups excluding carboxylic acids is 2. The van der Waals surface area contributed by atoms with E-state index in [0.29, 0.717) is 0 Å². The summed E-state index contributed by atoms with van der Waals surface area (Å²) in [6, 6.07) is 7.39. The van der Waals surface area contributed by atoms with Gasteiger partial charge in [-0.1, -0.05) is 37.6 Å². The topological polar surface area (TPSA) is 72.2 Å². The largest absolute Gasteiger partial charge is 0.368 e. The molecule has 3 N–H and O–H groups in total. The molecule has 0 radical (unpaired) electrons. The lowest BCUT2D eigenvalue weighted by atomic mass is 10.0. The minimum atomic E-state index is -0.628. The Morgan fingerprint density at radius 1 is 1.21 bits per heavy atom. The second-order valence-electron chi connectivity index (χ2n) is 4.79. The number of aryl methyl sites for hydroxylation is 1. The number of carbonyl (C=O) groups is 2. The lowest BCUT2D eigenvalue weighted by Gasteiger charge is -2.10. The Hall–Kier alpha value is -1.84. The van der Waals surface area contributed by atoms with E-state index in [1.54, 1.807) is 6.92 Å². The number of nitrogens with two attached hydrogens (primary N) is 1. The van der Waals surface area contributed by atoms with Gasteiger partial charge in [-0.25, -0.2) is 0 Å². The van der Waals surface area contributed by atoms with Gasteiger partial charge in [0.05, 0.1) is 6.42 Å². The number of hydrogen-bond acceptors (Lipinski definition) is 2. The molecule has 4 nitrogen and oxygen atoms in total. The molecule has 0 bridgehead atoms. The number of amides is 2. The molecule has 1 aromatic carbocycles. The van der Waals surface area contributed by atoms with E-state index >= 15 is 0 Å². The molecular formula is C15H22N2O2. The fourth-order valence-electron chi connectivity index (χ4n) is 1.75. The smallest absolute Gasteiger partial charge is 0.239 e. The van der Waals surface area contributed by atoms with Gasteiger partial charge in [-0.05, 0) is 30.9 Å². The van der Waals surface area contributed by atoms with Crippen LogP contribution in [0.5, 0.6) is 0 Å². The third kappa shape index (κ3) is 5.55. The maximum atomic E-state index is 11.7. The Morgan fingerprint density at radius 3 is 2.32 bits per heavy atom. The number of primary amides is 1. The van der Waals surface area contributed by atoms with Crippen molar-refractivity contribution in [2.45, 2.75) is 45.6 Å². The Balaban J connectivity index is 2.48. The zero-order valence-corrected chi connectivity index (χ0v) is 11.6. The number of unbranched alkanes of at least 4 members (excludes halogenated alkanes) is 1. The third-order valence-corrected chi connectivity index (χ3v) is 3.01. The van der Waals surface area contributed by atoms with E-state index in [4.69, 9.17) is 5.73 Å². The van der Waals surface area contributed by atoms with Crippen LogP contribution in [0.2, 0.25) is 0 Å². The highest BCUT2D eigenvalue weighted by Crippen LogP contribution is 2.08. The number of benzene rings is 1. The SMILES string of the molecule is CCCCc1ccc(CC(=O)N[C@@H](C)C(N)=O)cc1. The van der Waals surface area contributed by atoms with Crippen molar-refractivity contribution in [2.75, 3.05) is 0 Å². The van der Waals surface area contributed by atoms with Gasteiger partial charge in [-0.15, -0.1) is 0 Å². The highest BCUT2D eigenvalue weighted by Gasteiger charge is 2.12. The molecule has 0 spiro atoms. The minimum absolute atomic E-state index is 0.187. The first kappa shape index (κ1) is 15.2. The molecule has 0 saturated heterocycles. The van der Waals surface area contributed by atoms with E-state index in [9.17, 15) is 9.59 Å². The molecule has 19 heavy (non-hydrogen) atoms. The van der Waals surface area contributed by atoms with Gasteiger partial charge < -0.3 is 11.1 Å². The van der Waals surface area contributed by atoms with Crippen molar-refractivity contribution in [3.05, 3.63) is 35.4 Å². The highest BCUT2D eigenvalue weighted by atomic mass is 16.2. The average molecular weight is 262 g/mol. The Bertz CT molecular complexity index is 426. The highest BCUT2D eigenvalue weighted by molar-refractivity contribution is 5.87.